The third-order valence-electron chi connectivity index (χ3n) is 5.82. The van der Waals surface area contributed by atoms with Gasteiger partial charge in [-0.1, -0.05) is 13.8 Å². The number of guanidine groups is 1. The van der Waals surface area contributed by atoms with E-state index in [0.717, 1.165) is 76.1 Å². The van der Waals surface area contributed by atoms with E-state index in [1.165, 1.54) is 18.5 Å². The first kappa shape index (κ1) is 25.3. The monoisotopic (exact) mass is 433 g/mol. The van der Waals surface area contributed by atoms with Gasteiger partial charge < -0.3 is 25.0 Å². The van der Waals surface area contributed by atoms with Gasteiger partial charge in [-0.2, -0.15) is 0 Å². The van der Waals surface area contributed by atoms with Crippen LogP contribution in [-0.2, 0) is 6.54 Å². The number of hydrogen-bond donors (Lipinski definition) is 2. The van der Waals surface area contributed by atoms with Crippen LogP contribution >= 0.6 is 0 Å². The molecule has 0 aromatic heterocycles. The van der Waals surface area contributed by atoms with E-state index in [9.17, 15) is 0 Å². The minimum atomic E-state index is 0.418. The summed E-state index contributed by atoms with van der Waals surface area (Å²) in [6.07, 6.45) is 3.45. The van der Waals surface area contributed by atoms with Crippen molar-refractivity contribution in [3.05, 3.63) is 23.8 Å². The lowest BCUT2D eigenvalue weighted by Gasteiger charge is -2.20. The molecule has 1 unspecified atom stereocenters. The van der Waals surface area contributed by atoms with Crippen molar-refractivity contribution in [3.8, 4) is 11.5 Å². The van der Waals surface area contributed by atoms with Crippen molar-refractivity contribution in [1.29, 1.82) is 0 Å². The number of rotatable bonds is 13. The minimum Gasteiger partial charge on any atom is -0.497 e. The summed E-state index contributed by atoms with van der Waals surface area (Å²) in [7, 11) is 3.39. The van der Waals surface area contributed by atoms with Crippen molar-refractivity contribution in [2.45, 2.75) is 52.6 Å². The van der Waals surface area contributed by atoms with Gasteiger partial charge in [0.25, 0.3) is 0 Å². The summed E-state index contributed by atoms with van der Waals surface area (Å²) >= 11 is 0. The maximum absolute atomic E-state index is 5.41. The van der Waals surface area contributed by atoms with Gasteiger partial charge in [-0.05, 0) is 63.5 Å². The molecule has 1 saturated heterocycles. The van der Waals surface area contributed by atoms with Crippen molar-refractivity contribution in [2.24, 2.45) is 4.99 Å². The Morgan fingerprint density at radius 3 is 2.42 bits per heavy atom. The average molecular weight is 434 g/mol. The SMILES string of the molecule is CCNC(=NCCCCN(CC)CC)NC1CCN(Cc2cc(OC)cc(OC)c2)C1. The standard InChI is InChI=1S/C24H43N5O2/c1-6-25-24(26-12-9-10-13-28(7-2)8-3)27-21-11-14-29(19-21)18-20-15-22(30-4)17-23(16-20)31-5/h15-17,21H,6-14,18-19H2,1-5H3,(H2,25,26,27). The van der Waals surface area contributed by atoms with Gasteiger partial charge in [-0.15, -0.1) is 0 Å². The molecule has 1 atom stereocenters. The Labute approximate surface area is 189 Å². The van der Waals surface area contributed by atoms with E-state index < -0.39 is 0 Å². The highest BCUT2D eigenvalue weighted by Gasteiger charge is 2.23. The van der Waals surface area contributed by atoms with Crippen molar-refractivity contribution in [1.82, 2.24) is 20.4 Å². The van der Waals surface area contributed by atoms with Crippen molar-refractivity contribution >= 4 is 5.96 Å². The van der Waals surface area contributed by atoms with Crippen LogP contribution in [0.15, 0.2) is 23.2 Å². The molecular weight excluding hydrogens is 390 g/mol. The summed E-state index contributed by atoms with van der Waals surface area (Å²) in [5.41, 5.74) is 1.21. The van der Waals surface area contributed by atoms with Crippen molar-refractivity contribution in [3.63, 3.8) is 0 Å². The number of likely N-dealkylation sites (tertiary alicyclic amines) is 1. The molecule has 7 nitrogen and oxygen atoms in total. The van der Waals surface area contributed by atoms with E-state index in [1.54, 1.807) is 14.2 Å². The van der Waals surface area contributed by atoms with Gasteiger partial charge in [0.15, 0.2) is 5.96 Å². The van der Waals surface area contributed by atoms with Gasteiger partial charge in [0.2, 0.25) is 0 Å². The van der Waals surface area contributed by atoms with Gasteiger partial charge in [-0.25, -0.2) is 0 Å². The number of nitrogens with one attached hydrogen (secondary N) is 2. The summed E-state index contributed by atoms with van der Waals surface area (Å²) in [6.45, 7) is 14.7. The Kier molecular flexibility index (Phi) is 11.5. The zero-order chi connectivity index (χ0) is 22.5. The highest BCUT2D eigenvalue weighted by Crippen LogP contribution is 2.24. The molecule has 176 valence electrons. The van der Waals surface area contributed by atoms with E-state index in [4.69, 9.17) is 14.5 Å². The molecule has 31 heavy (non-hydrogen) atoms. The van der Waals surface area contributed by atoms with Crippen LogP contribution in [0.25, 0.3) is 0 Å². The third kappa shape index (κ3) is 8.95. The van der Waals surface area contributed by atoms with Crippen LogP contribution in [0.5, 0.6) is 11.5 Å². The first-order chi connectivity index (χ1) is 15.1. The number of unbranched alkanes of at least 4 members (excludes halogenated alkanes) is 1. The van der Waals surface area contributed by atoms with Crippen LogP contribution in [0.1, 0.15) is 45.6 Å². The van der Waals surface area contributed by atoms with Gasteiger partial charge in [0.05, 0.1) is 14.2 Å². The molecule has 7 heteroatoms. The molecule has 1 fully saturated rings. The largest absolute Gasteiger partial charge is 0.497 e. The van der Waals surface area contributed by atoms with Crippen molar-refractivity contribution < 1.29 is 9.47 Å². The molecule has 0 amide bonds. The fourth-order valence-corrected chi connectivity index (χ4v) is 4.00. The second kappa shape index (κ2) is 14.1. The Morgan fingerprint density at radius 2 is 1.81 bits per heavy atom. The van der Waals surface area contributed by atoms with Gasteiger partial charge in [-0.3, -0.25) is 9.89 Å². The number of benzene rings is 1. The Bertz CT molecular complexity index is 641. The van der Waals surface area contributed by atoms with E-state index in [-0.39, 0.29) is 0 Å². The summed E-state index contributed by atoms with van der Waals surface area (Å²) in [6, 6.07) is 6.51. The maximum Gasteiger partial charge on any atom is 0.191 e. The van der Waals surface area contributed by atoms with Crippen LogP contribution in [0, 0.1) is 0 Å². The third-order valence-corrected chi connectivity index (χ3v) is 5.82. The van der Waals surface area contributed by atoms with Crippen LogP contribution in [0.2, 0.25) is 0 Å². The van der Waals surface area contributed by atoms with Gasteiger partial charge in [0.1, 0.15) is 11.5 Å². The second-order valence-corrected chi connectivity index (χ2v) is 8.08. The molecule has 1 aromatic carbocycles. The molecule has 1 aromatic rings. The van der Waals surface area contributed by atoms with Crippen LogP contribution in [0.4, 0.5) is 0 Å². The molecule has 0 aliphatic carbocycles. The van der Waals surface area contributed by atoms with E-state index in [1.807, 2.05) is 6.07 Å². The highest BCUT2D eigenvalue weighted by molar-refractivity contribution is 5.80. The molecule has 1 heterocycles. The predicted molar refractivity (Wildman–Crippen MR) is 129 cm³/mol. The van der Waals surface area contributed by atoms with E-state index in [0.29, 0.717) is 6.04 Å². The highest BCUT2D eigenvalue weighted by atomic mass is 16.5. The zero-order valence-electron chi connectivity index (χ0n) is 20.2. The fourth-order valence-electron chi connectivity index (χ4n) is 4.00. The molecule has 0 saturated carbocycles. The summed E-state index contributed by atoms with van der Waals surface area (Å²) in [4.78, 5) is 9.75. The second-order valence-electron chi connectivity index (χ2n) is 8.08. The van der Waals surface area contributed by atoms with Crippen LogP contribution < -0.4 is 20.1 Å². The summed E-state index contributed by atoms with van der Waals surface area (Å²) in [5, 5.41) is 7.04. The average Bonchev–Trinajstić information content (AvgIpc) is 3.22. The molecular formula is C24H43N5O2. The quantitative estimate of drug-likeness (QED) is 0.283. The van der Waals surface area contributed by atoms with E-state index in [2.05, 4.69) is 53.3 Å². The fraction of sp³-hybridized carbons (Fsp3) is 0.708. The number of aliphatic imine (C=N–C) groups is 1. The molecule has 2 rings (SSSR count). The Balaban J connectivity index is 1.81. The van der Waals surface area contributed by atoms with Crippen LogP contribution in [0.3, 0.4) is 0 Å². The minimum absolute atomic E-state index is 0.418. The Hall–Kier alpha value is -1.99. The summed E-state index contributed by atoms with van der Waals surface area (Å²) < 4.78 is 10.8. The maximum atomic E-state index is 5.41. The molecule has 1 aliphatic rings. The topological polar surface area (TPSA) is 61.4 Å². The van der Waals surface area contributed by atoms with Gasteiger partial charge in [0, 0.05) is 44.8 Å². The van der Waals surface area contributed by atoms with E-state index >= 15 is 0 Å². The first-order valence-corrected chi connectivity index (χ1v) is 11.8. The van der Waals surface area contributed by atoms with Crippen molar-refractivity contribution in [2.75, 3.05) is 60.0 Å². The Morgan fingerprint density at radius 1 is 1.10 bits per heavy atom. The zero-order valence-corrected chi connectivity index (χ0v) is 20.2. The van der Waals surface area contributed by atoms with Gasteiger partial charge >= 0.3 is 0 Å². The number of nitrogens with zero attached hydrogens (tertiary/aromatic N) is 3. The lowest BCUT2D eigenvalue weighted by Crippen LogP contribution is -2.44. The number of methoxy groups -OCH3 is 2. The molecule has 1 aliphatic heterocycles. The van der Waals surface area contributed by atoms with Crippen LogP contribution in [-0.4, -0.2) is 81.8 Å². The molecule has 2 N–H and O–H groups in total. The predicted octanol–water partition coefficient (Wildman–Crippen LogP) is 2.96. The molecule has 0 radical (unpaired) electrons. The molecule has 0 spiro atoms. The smallest absolute Gasteiger partial charge is 0.191 e. The lowest BCUT2D eigenvalue weighted by molar-refractivity contribution is 0.297. The summed E-state index contributed by atoms with van der Waals surface area (Å²) in [5.74, 6) is 2.62. The first-order valence-electron chi connectivity index (χ1n) is 11.8. The molecule has 0 bridgehead atoms. The normalized spacial score (nSPS) is 17.2. The number of hydrogen-bond acceptors (Lipinski definition) is 5. The number of ether oxygens (including phenoxy) is 2. The lowest BCUT2D eigenvalue weighted by atomic mass is 10.2.